The lowest BCUT2D eigenvalue weighted by Gasteiger charge is -2.00. The first-order valence-corrected chi connectivity index (χ1v) is 6.23. The largest absolute Gasteiger partial charge is 0.345 e. The van der Waals surface area contributed by atoms with E-state index in [1.807, 2.05) is 18.4 Å². The minimum atomic E-state index is -0.720. The van der Waals surface area contributed by atoms with E-state index in [4.69, 9.17) is 0 Å². The molecule has 1 aromatic heterocycles. The van der Waals surface area contributed by atoms with Crippen molar-refractivity contribution in [1.82, 2.24) is 10.7 Å². The molecule has 1 aliphatic carbocycles. The standard InChI is InChI=1S/C11H13N3O2S/c1-7-4-5-17-9(7)6-12-14-11(16)10(15)13-8-2-3-8/h4-6,8H,2-3H2,1H3,(H,13,15)(H,14,16)/b12-6-. The van der Waals surface area contributed by atoms with Crippen LogP contribution in [-0.4, -0.2) is 24.1 Å². The Kier molecular flexibility index (Phi) is 3.53. The van der Waals surface area contributed by atoms with Gasteiger partial charge in [-0.2, -0.15) is 5.10 Å². The number of rotatable bonds is 3. The molecule has 17 heavy (non-hydrogen) atoms. The third kappa shape index (κ3) is 3.39. The highest BCUT2D eigenvalue weighted by Gasteiger charge is 2.26. The van der Waals surface area contributed by atoms with E-state index in [-0.39, 0.29) is 6.04 Å². The van der Waals surface area contributed by atoms with Crippen molar-refractivity contribution < 1.29 is 9.59 Å². The van der Waals surface area contributed by atoms with Crippen LogP contribution in [0.3, 0.4) is 0 Å². The Hall–Kier alpha value is -1.69. The maximum Gasteiger partial charge on any atom is 0.329 e. The average Bonchev–Trinajstić information content (AvgIpc) is 3.02. The molecule has 1 aromatic rings. The Labute approximate surface area is 103 Å². The summed E-state index contributed by atoms with van der Waals surface area (Å²) in [6, 6.07) is 2.14. The molecule has 1 heterocycles. The van der Waals surface area contributed by atoms with Gasteiger partial charge in [0.25, 0.3) is 0 Å². The Morgan fingerprint density at radius 2 is 2.24 bits per heavy atom. The predicted octanol–water partition coefficient (Wildman–Crippen LogP) is 0.785. The maximum absolute atomic E-state index is 11.3. The minimum Gasteiger partial charge on any atom is -0.345 e. The Bertz CT molecular complexity index is 463. The molecule has 0 aromatic carbocycles. The van der Waals surface area contributed by atoms with Gasteiger partial charge in [0.15, 0.2) is 0 Å². The van der Waals surface area contributed by atoms with Crippen LogP contribution in [0.5, 0.6) is 0 Å². The van der Waals surface area contributed by atoms with Crippen LogP contribution in [0.2, 0.25) is 0 Å². The van der Waals surface area contributed by atoms with Crippen LogP contribution in [0.15, 0.2) is 16.5 Å². The number of hydrogen-bond donors (Lipinski definition) is 2. The van der Waals surface area contributed by atoms with E-state index in [1.165, 1.54) is 11.3 Å². The van der Waals surface area contributed by atoms with Crippen molar-refractivity contribution in [3.05, 3.63) is 21.9 Å². The number of hydrogen-bond acceptors (Lipinski definition) is 4. The predicted molar refractivity (Wildman–Crippen MR) is 66.0 cm³/mol. The fraction of sp³-hybridized carbons (Fsp3) is 0.364. The van der Waals surface area contributed by atoms with Crippen LogP contribution in [-0.2, 0) is 9.59 Å². The van der Waals surface area contributed by atoms with Crippen LogP contribution in [0.4, 0.5) is 0 Å². The van der Waals surface area contributed by atoms with Gasteiger partial charge >= 0.3 is 11.8 Å². The molecular weight excluding hydrogens is 238 g/mol. The second-order valence-corrected chi connectivity index (χ2v) is 4.86. The Morgan fingerprint density at radius 3 is 2.82 bits per heavy atom. The number of amides is 2. The second kappa shape index (κ2) is 5.09. The molecule has 0 radical (unpaired) electrons. The van der Waals surface area contributed by atoms with E-state index in [0.29, 0.717) is 0 Å². The number of hydrazone groups is 1. The molecule has 2 amide bonds. The molecule has 1 aliphatic rings. The van der Waals surface area contributed by atoms with Crippen molar-refractivity contribution in [2.75, 3.05) is 0 Å². The lowest BCUT2D eigenvalue weighted by atomic mass is 10.3. The van der Waals surface area contributed by atoms with Gasteiger partial charge in [0.05, 0.1) is 6.21 Å². The molecule has 0 bridgehead atoms. The molecule has 1 fully saturated rings. The number of thiophene rings is 1. The number of aryl methyl sites for hydroxylation is 1. The van der Waals surface area contributed by atoms with Crippen LogP contribution in [0, 0.1) is 6.92 Å². The summed E-state index contributed by atoms with van der Waals surface area (Å²) in [7, 11) is 0. The van der Waals surface area contributed by atoms with Gasteiger partial charge in [0.2, 0.25) is 0 Å². The van der Waals surface area contributed by atoms with E-state index in [9.17, 15) is 9.59 Å². The lowest BCUT2D eigenvalue weighted by Crippen LogP contribution is -2.38. The minimum absolute atomic E-state index is 0.178. The lowest BCUT2D eigenvalue weighted by molar-refractivity contribution is -0.139. The van der Waals surface area contributed by atoms with Crippen molar-refractivity contribution in [1.29, 1.82) is 0 Å². The summed E-state index contributed by atoms with van der Waals surface area (Å²) < 4.78 is 0. The zero-order valence-electron chi connectivity index (χ0n) is 9.40. The number of nitrogens with zero attached hydrogens (tertiary/aromatic N) is 1. The van der Waals surface area contributed by atoms with E-state index in [1.54, 1.807) is 6.21 Å². The summed E-state index contributed by atoms with van der Waals surface area (Å²) in [5.41, 5.74) is 3.30. The summed E-state index contributed by atoms with van der Waals surface area (Å²) in [6.45, 7) is 1.96. The second-order valence-electron chi connectivity index (χ2n) is 3.91. The van der Waals surface area contributed by atoms with Crippen molar-refractivity contribution >= 4 is 29.4 Å². The molecule has 0 unspecified atom stereocenters. The van der Waals surface area contributed by atoms with Gasteiger partial charge in [0.1, 0.15) is 0 Å². The van der Waals surface area contributed by atoms with Crippen molar-refractivity contribution in [2.24, 2.45) is 5.10 Å². The topological polar surface area (TPSA) is 70.6 Å². The maximum atomic E-state index is 11.3. The van der Waals surface area contributed by atoms with Gasteiger partial charge in [-0.05, 0) is 36.8 Å². The van der Waals surface area contributed by atoms with E-state index in [2.05, 4.69) is 15.8 Å². The first-order chi connectivity index (χ1) is 8.16. The zero-order valence-corrected chi connectivity index (χ0v) is 10.2. The van der Waals surface area contributed by atoms with Gasteiger partial charge in [-0.1, -0.05) is 0 Å². The molecule has 90 valence electrons. The number of carbonyl (C=O) groups is 2. The summed E-state index contributed by atoms with van der Waals surface area (Å²) in [5.74, 6) is -1.34. The third-order valence-electron chi connectivity index (χ3n) is 2.37. The smallest absolute Gasteiger partial charge is 0.329 e. The molecule has 0 spiro atoms. The zero-order chi connectivity index (χ0) is 12.3. The van der Waals surface area contributed by atoms with Gasteiger partial charge in [-0.3, -0.25) is 9.59 Å². The molecular formula is C11H13N3O2S. The summed E-state index contributed by atoms with van der Waals surface area (Å²) in [5, 5.41) is 8.28. The first kappa shape index (κ1) is 11.8. The fourth-order valence-corrected chi connectivity index (χ4v) is 1.98. The molecule has 6 heteroatoms. The highest BCUT2D eigenvalue weighted by Crippen LogP contribution is 2.18. The highest BCUT2D eigenvalue weighted by atomic mass is 32.1. The first-order valence-electron chi connectivity index (χ1n) is 5.35. The van der Waals surface area contributed by atoms with E-state index < -0.39 is 11.8 Å². The molecule has 0 atom stereocenters. The van der Waals surface area contributed by atoms with Crippen molar-refractivity contribution in [2.45, 2.75) is 25.8 Å². The van der Waals surface area contributed by atoms with E-state index in [0.717, 1.165) is 23.3 Å². The molecule has 2 N–H and O–H groups in total. The number of carbonyl (C=O) groups excluding carboxylic acids is 2. The fourth-order valence-electron chi connectivity index (χ4n) is 1.20. The van der Waals surface area contributed by atoms with Gasteiger partial charge in [0, 0.05) is 10.9 Å². The molecule has 0 aliphatic heterocycles. The van der Waals surface area contributed by atoms with E-state index >= 15 is 0 Å². The normalized spacial score (nSPS) is 14.9. The summed E-state index contributed by atoms with van der Waals surface area (Å²) >= 11 is 1.53. The number of nitrogens with one attached hydrogen (secondary N) is 2. The van der Waals surface area contributed by atoms with Crippen molar-refractivity contribution in [3.8, 4) is 0 Å². The molecule has 2 rings (SSSR count). The monoisotopic (exact) mass is 251 g/mol. The van der Waals surface area contributed by atoms with Gasteiger partial charge in [-0.25, -0.2) is 5.43 Å². The van der Waals surface area contributed by atoms with Gasteiger partial charge < -0.3 is 5.32 Å². The van der Waals surface area contributed by atoms with Crippen LogP contribution in [0.25, 0.3) is 0 Å². The average molecular weight is 251 g/mol. The van der Waals surface area contributed by atoms with Crippen LogP contribution >= 0.6 is 11.3 Å². The Morgan fingerprint density at radius 1 is 1.47 bits per heavy atom. The summed E-state index contributed by atoms with van der Waals surface area (Å²) in [6.07, 6.45) is 3.45. The van der Waals surface area contributed by atoms with Crippen LogP contribution < -0.4 is 10.7 Å². The molecule has 1 saturated carbocycles. The Balaban J connectivity index is 1.80. The third-order valence-corrected chi connectivity index (χ3v) is 3.32. The molecule has 0 saturated heterocycles. The highest BCUT2D eigenvalue weighted by molar-refractivity contribution is 7.11. The SMILES string of the molecule is Cc1ccsc1/C=N\NC(=O)C(=O)NC1CC1. The van der Waals surface area contributed by atoms with Gasteiger partial charge in [-0.15, -0.1) is 11.3 Å². The van der Waals surface area contributed by atoms with Crippen molar-refractivity contribution in [3.63, 3.8) is 0 Å². The van der Waals surface area contributed by atoms with Crippen LogP contribution in [0.1, 0.15) is 23.3 Å². The molecule has 5 nitrogen and oxygen atoms in total. The quantitative estimate of drug-likeness (QED) is 0.473. The summed E-state index contributed by atoms with van der Waals surface area (Å²) in [4.78, 5) is 23.5.